The van der Waals surface area contributed by atoms with Gasteiger partial charge in [0.05, 0.1) is 5.57 Å². The summed E-state index contributed by atoms with van der Waals surface area (Å²) < 4.78 is 2.99. The van der Waals surface area contributed by atoms with Crippen molar-refractivity contribution in [3.8, 4) is 5.69 Å². The zero-order valence-electron chi connectivity index (χ0n) is 19.0. The molecule has 4 rings (SSSR count). The molecule has 0 aliphatic carbocycles. The van der Waals surface area contributed by atoms with Crippen molar-refractivity contribution in [2.75, 3.05) is 5.75 Å². The van der Waals surface area contributed by atoms with E-state index < -0.39 is 5.91 Å². The number of carbonyl (C=O) groups excluding carboxylic acids is 1. The first kappa shape index (κ1) is 22.6. The van der Waals surface area contributed by atoms with Crippen molar-refractivity contribution < 1.29 is 4.79 Å². The van der Waals surface area contributed by atoms with Crippen LogP contribution in [-0.2, 0) is 4.79 Å². The van der Waals surface area contributed by atoms with Gasteiger partial charge in [0.15, 0.2) is 10.2 Å². The van der Waals surface area contributed by atoms with Gasteiger partial charge in [0.1, 0.15) is 0 Å². The minimum Gasteiger partial charge on any atom is -0.318 e. The number of nitrogens with zero attached hydrogens (tertiary/aromatic N) is 4. The van der Waals surface area contributed by atoms with Gasteiger partial charge in [-0.25, -0.2) is 0 Å². The van der Waals surface area contributed by atoms with E-state index >= 15 is 0 Å². The maximum atomic E-state index is 12.7. The van der Waals surface area contributed by atoms with Crippen molar-refractivity contribution in [3.05, 3.63) is 58.4 Å². The molecule has 0 radical (unpaired) electrons. The number of hydrazone groups is 1. The summed E-state index contributed by atoms with van der Waals surface area (Å²) >= 11 is 2.92. The van der Waals surface area contributed by atoms with Gasteiger partial charge in [-0.05, 0) is 79.1 Å². The normalized spacial score (nSPS) is 18.2. The van der Waals surface area contributed by atoms with Crippen LogP contribution in [0.15, 0.2) is 46.0 Å². The summed E-state index contributed by atoms with van der Waals surface area (Å²) in [5, 5.41) is 14.9. The van der Waals surface area contributed by atoms with E-state index in [0.717, 1.165) is 39.2 Å². The SMILES string of the molecule is CCSC1=NN2C(=N)/C(=C/c3cc(C)n(-c4ccc([C@@H](C)CC)cc4)c3C)C(=O)N=C2S1. The number of amidine groups is 2. The van der Waals surface area contributed by atoms with E-state index in [1.165, 1.54) is 22.3 Å². The molecule has 0 bridgehead atoms. The minimum absolute atomic E-state index is 0.0712. The Morgan fingerprint density at radius 1 is 1.22 bits per heavy atom. The predicted molar refractivity (Wildman–Crippen MR) is 137 cm³/mol. The Kier molecular flexibility index (Phi) is 6.44. The summed E-state index contributed by atoms with van der Waals surface area (Å²) in [6.07, 6.45) is 2.88. The average Bonchev–Trinajstić information content (AvgIpc) is 3.30. The lowest BCUT2D eigenvalue weighted by Crippen LogP contribution is -2.35. The van der Waals surface area contributed by atoms with E-state index in [4.69, 9.17) is 5.41 Å². The first-order valence-electron chi connectivity index (χ1n) is 10.8. The highest BCUT2D eigenvalue weighted by Gasteiger charge is 2.35. The zero-order chi connectivity index (χ0) is 23.0. The highest BCUT2D eigenvalue weighted by atomic mass is 32.2. The monoisotopic (exact) mass is 465 g/mol. The number of thioether (sulfide) groups is 2. The summed E-state index contributed by atoms with van der Waals surface area (Å²) in [6.45, 7) is 10.6. The lowest BCUT2D eigenvalue weighted by atomic mass is 9.98. The fourth-order valence-electron chi connectivity index (χ4n) is 3.83. The van der Waals surface area contributed by atoms with Gasteiger partial charge in [-0.2, -0.15) is 10.0 Å². The lowest BCUT2D eigenvalue weighted by molar-refractivity contribution is -0.114. The van der Waals surface area contributed by atoms with Gasteiger partial charge in [0, 0.05) is 17.1 Å². The van der Waals surface area contributed by atoms with E-state index in [0.29, 0.717) is 11.1 Å². The van der Waals surface area contributed by atoms with Crippen LogP contribution in [0.25, 0.3) is 11.8 Å². The third kappa shape index (κ3) is 4.09. The Labute approximate surface area is 197 Å². The molecular formula is C24H27N5OS2. The molecule has 1 atom stereocenters. The number of aryl methyl sites for hydroxylation is 1. The van der Waals surface area contributed by atoms with Crippen LogP contribution in [0.3, 0.4) is 0 Å². The second kappa shape index (κ2) is 9.11. The molecule has 1 amide bonds. The molecule has 2 aliphatic rings. The van der Waals surface area contributed by atoms with E-state index in [-0.39, 0.29) is 11.4 Å². The highest BCUT2D eigenvalue weighted by molar-refractivity contribution is 8.45. The molecule has 1 aromatic heterocycles. The number of hydrogen-bond acceptors (Lipinski definition) is 5. The number of nitrogens with one attached hydrogen (secondary N) is 1. The number of fused-ring (bicyclic) bond motifs is 1. The lowest BCUT2D eigenvalue weighted by Gasteiger charge is -2.20. The van der Waals surface area contributed by atoms with Crippen molar-refractivity contribution >= 4 is 50.9 Å². The van der Waals surface area contributed by atoms with E-state index in [1.807, 2.05) is 19.9 Å². The molecule has 32 heavy (non-hydrogen) atoms. The molecule has 0 fully saturated rings. The molecule has 2 aromatic rings. The largest absolute Gasteiger partial charge is 0.318 e. The molecule has 0 spiro atoms. The van der Waals surface area contributed by atoms with Crippen LogP contribution >= 0.6 is 23.5 Å². The minimum atomic E-state index is -0.394. The second-order valence-electron chi connectivity index (χ2n) is 7.88. The summed E-state index contributed by atoms with van der Waals surface area (Å²) in [6, 6.07) is 10.7. The van der Waals surface area contributed by atoms with Crippen LogP contribution in [0, 0.1) is 19.3 Å². The molecule has 0 saturated carbocycles. The van der Waals surface area contributed by atoms with Crippen LogP contribution in [-0.4, -0.2) is 36.6 Å². The summed E-state index contributed by atoms with van der Waals surface area (Å²) in [7, 11) is 0. The van der Waals surface area contributed by atoms with E-state index in [2.05, 4.69) is 59.7 Å². The number of aromatic nitrogens is 1. The number of hydrogen-bond donors (Lipinski definition) is 1. The molecule has 1 aromatic carbocycles. The van der Waals surface area contributed by atoms with Crippen molar-refractivity contribution in [2.45, 2.75) is 47.0 Å². The Morgan fingerprint density at radius 3 is 2.59 bits per heavy atom. The smallest absolute Gasteiger partial charge is 0.283 e. The zero-order valence-corrected chi connectivity index (χ0v) is 20.6. The van der Waals surface area contributed by atoms with Crippen molar-refractivity contribution in [2.24, 2.45) is 10.1 Å². The van der Waals surface area contributed by atoms with Gasteiger partial charge in [0.25, 0.3) is 5.91 Å². The molecule has 6 nitrogen and oxygen atoms in total. The van der Waals surface area contributed by atoms with Gasteiger partial charge >= 0.3 is 0 Å². The molecule has 1 N–H and O–H groups in total. The number of carbonyl (C=O) groups is 1. The van der Waals surface area contributed by atoms with Crippen molar-refractivity contribution in [3.63, 3.8) is 0 Å². The number of benzene rings is 1. The molecule has 0 saturated heterocycles. The fraction of sp³-hybridized carbons (Fsp3) is 0.333. The third-order valence-corrected chi connectivity index (χ3v) is 7.73. The summed E-state index contributed by atoms with van der Waals surface area (Å²) in [4.78, 5) is 16.9. The number of rotatable bonds is 5. The maximum absolute atomic E-state index is 12.7. The Bertz CT molecular complexity index is 1170. The maximum Gasteiger partial charge on any atom is 0.283 e. The van der Waals surface area contributed by atoms with Gasteiger partial charge in [-0.15, -0.1) is 5.10 Å². The van der Waals surface area contributed by atoms with Gasteiger partial charge in [-0.1, -0.05) is 44.7 Å². The predicted octanol–water partition coefficient (Wildman–Crippen LogP) is 5.94. The Morgan fingerprint density at radius 2 is 1.94 bits per heavy atom. The molecular weight excluding hydrogens is 438 g/mol. The second-order valence-corrected chi connectivity index (χ2v) is 10.3. The molecule has 166 valence electrons. The Balaban J connectivity index is 1.67. The van der Waals surface area contributed by atoms with Crippen molar-refractivity contribution in [1.82, 2.24) is 9.58 Å². The van der Waals surface area contributed by atoms with Crippen LogP contribution in [0.4, 0.5) is 0 Å². The molecule has 0 unspecified atom stereocenters. The van der Waals surface area contributed by atoms with Crippen LogP contribution < -0.4 is 0 Å². The number of amides is 1. The highest BCUT2D eigenvalue weighted by Crippen LogP contribution is 2.33. The van der Waals surface area contributed by atoms with Crippen LogP contribution in [0.1, 0.15) is 55.6 Å². The van der Waals surface area contributed by atoms with Gasteiger partial charge < -0.3 is 4.57 Å². The van der Waals surface area contributed by atoms with E-state index in [9.17, 15) is 4.79 Å². The molecule has 2 aliphatic heterocycles. The van der Waals surface area contributed by atoms with Crippen LogP contribution in [0.5, 0.6) is 0 Å². The van der Waals surface area contributed by atoms with Gasteiger partial charge in [-0.3, -0.25) is 10.2 Å². The topological polar surface area (TPSA) is 73.8 Å². The Hall–Kier alpha value is -2.58. The molecule has 3 heterocycles. The van der Waals surface area contributed by atoms with Crippen LogP contribution in [0.2, 0.25) is 0 Å². The first-order valence-corrected chi connectivity index (χ1v) is 12.6. The summed E-state index contributed by atoms with van der Waals surface area (Å²) in [5.74, 6) is 1.09. The first-order chi connectivity index (χ1) is 15.3. The molecule has 8 heteroatoms. The third-order valence-electron chi connectivity index (χ3n) is 5.81. The standard InChI is InChI=1S/C24H27N5OS2/c1-6-14(3)17-8-10-19(11-9-17)28-15(4)12-18(16(28)5)13-20-21(25)29-23(26-22(20)30)32-24(27-29)31-7-2/h8-14,25H,6-7H2,1-5H3/b20-13-,25-21?/t14-/m0/s1. The van der Waals surface area contributed by atoms with E-state index in [1.54, 1.807) is 17.8 Å². The average molecular weight is 466 g/mol. The van der Waals surface area contributed by atoms with Crippen molar-refractivity contribution in [1.29, 1.82) is 5.41 Å². The van der Waals surface area contributed by atoms with Gasteiger partial charge in [0.2, 0.25) is 5.17 Å². The summed E-state index contributed by atoms with van der Waals surface area (Å²) in [5.41, 5.74) is 5.67. The quantitative estimate of drug-likeness (QED) is 0.555. The fourth-order valence-corrected chi connectivity index (χ4v) is 5.66. The number of aliphatic imine (C=N–C) groups is 1.